The van der Waals surface area contributed by atoms with E-state index in [4.69, 9.17) is 14.5 Å². The number of H-pyrrole nitrogens is 1. The first kappa shape index (κ1) is 16.0. The second-order valence-electron chi connectivity index (χ2n) is 5.92. The minimum absolute atomic E-state index is 0.151. The topological polar surface area (TPSA) is 108 Å². The number of hydrogen-bond donors (Lipinski definition) is 3. The summed E-state index contributed by atoms with van der Waals surface area (Å²) in [5.41, 5.74) is 1.54. The molecule has 0 saturated carbocycles. The standard InChI is InChI=1S/C16H18N6O2S/c1-10-9-24-7-6-22(10)13-8-14(25(17)23)21-16(20-13)12-3-5-19-15-11(12)2-4-18-15/h2-5,8,10,17,25H,6-7,9H2,1H3,(H,18,19)/t10-/m1/s1. The fourth-order valence-electron chi connectivity index (χ4n) is 3.02. The van der Waals surface area contributed by atoms with Gasteiger partial charge < -0.3 is 14.6 Å². The quantitative estimate of drug-likeness (QED) is 0.487. The average molecular weight is 358 g/mol. The first-order valence-electron chi connectivity index (χ1n) is 7.98. The summed E-state index contributed by atoms with van der Waals surface area (Å²) in [6.45, 7) is 3.97. The fraction of sp³-hybridized carbons (Fsp3) is 0.312. The molecular weight excluding hydrogens is 340 g/mol. The van der Waals surface area contributed by atoms with Gasteiger partial charge in [-0.05, 0) is 19.1 Å². The van der Waals surface area contributed by atoms with Crippen LogP contribution in [0.1, 0.15) is 6.92 Å². The molecule has 0 aliphatic carbocycles. The number of morpholine rings is 1. The van der Waals surface area contributed by atoms with Crippen LogP contribution in [0.15, 0.2) is 35.6 Å². The van der Waals surface area contributed by atoms with Crippen LogP contribution >= 0.6 is 0 Å². The molecule has 9 heteroatoms. The summed E-state index contributed by atoms with van der Waals surface area (Å²) >= 11 is 0. The van der Waals surface area contributed by atoms with Crippen LogP contribution < -0.4 is 4.90 Å². The van der Waals surface area contributed by atoms with Crippen molar-refractivity contribution in [2.45, 2.75) is 18.0 Å². The zero-order valence-electron chi connectivity index (χ0n) is 13.6. The first-order valence-corrected chi connectivity index (χ1v) is 9.24. The summed E-state index contributed by atoms with van der Waals surface area (Å²) in [6.07, 6.45) is 3.49. The number of aromatic amines is 1. The minimum atomic E-state index is -2.32. The van der Waals surface area contributed by atoms with Crippen molar-refractivity contribution < 1.29 is 8.95 Å². The van der Waals surface area contributed by atoms with Crippen LogP contribution in [0.4, 0.5) is 5.82 Å². The van der Waals surface area contributed by atoms with Gasteiger partial charge in [0.25, 0.3) is 0 Å². The normalized spacial score (nSPS) is 19.2. The number of ether oxygens (including phenoxy) is 1. The highest BCUT2D eigenvalue weighted by atomic mass is 32.2. The molecule has 0 bridgehead atoms. The highest BCUT2D eigenvalue weighted by molar-refractivity contribution is 7.73. The van der Waals surface area contributed by atoms with Crippen molar-refractivity contribution in [3.63, 3.8) is 0 Å². The maximum absolute atomic E-state index is 11.8. The number of hydrogen-bond acceptors (Lipinski definition) is 7. The molecule has 3 aromatic heterocycles. The van der Waals surface area contributed by atoms with Gasteiger partial charge in [-0.1, -0.05) is 0 Å². The monoisotopic (exact) mass is 358 g/mol. The number of nitrogens with one attached hydrogen (secondary N) is 2. The molecule has 2 N–H and O–H groups in total. The SMILES string of the molecule is C[C@@H]1COCCN1c1cc([SH](=N)=O)nc(-c2ccnc3[nH]ccc23)n1. The molecule has 0 amide bonds. The molecule has 1 fully saturated rings. The Labute approximate surface area is 146 Å². The van der Waals surface area contributed by atoms with E-state index >= 15 is 0 Å². The van der Waals surface area contributed by atoms with Gasteiger partial charge in [0.2, 0.25) is 0 Å². The van der Waals surface area contributed by atoms with Gasteiger partial charge in [0.1, 0.15) is 16.5 Å². The van der Waals surface area contributed by atoms with Gasteiger partial charge in [-0.25, -0.2) is 23.9 Å². The van der Waals surface area contributed by atoms with Crippen molar-refractivity contribution in [2.24, 2.45) is 0 Å². The third-order valence-corrected chi connectivity index (χ3v) is 4.92. The second-order valence-corrected chi connectivity index (χ2v) is 6.97. The molecule has 3 aromatic rings. The Balaban J connectivity index is 1.89. The van der Waals surface area contributed by atoms with Crippen molar-refractivity contribution >= 4 is 27.4 Å². The Kier molecular flexibility index (Phi) is 4.10. The lowest BCUT2D eigenvalue weighted by Crippen LogP contribution is -2.44. The van der Waals surface area contributed by atoms with E-state index in [9.17, 15) is 4.21 Å². The van der Waals surface area contributed by atoms with Gasteiger partial charge in [0.05, 0.1) is 29.9 Å². The fourth-order valence-corrected chi connectivity index (χ4v) is 3.44. The Morgan fingerprint density at radius 2 is 2.28 bits per heavy atom. The molecule has 0 radical (unpaired) electrons. The number of thiol groups is 1. The summed E-state index contributed by atoms with van der Waals surface area (Å²) in [5.74, 6) is 1.13. The molecule has 4 heterocycles. The Hall–Kier alpha value is -2.52. The molecule has 4 rings (SSSR count). The van der Waals surface area contributed by atoms with Gasteiger partial charge in [-0.2, -0.15) is 0 Å². The Morgan fingerprint density at radius 3 is 3.08 bits per heavy atom. The van der Waals surface area contributed by atoms with Crippen molar-refractivity contribution in [1.29, 1.82) is 4.78 Å². The van der Waals surface area contributed by atoms with E-state index in [-0.39, 0.29) is 11.1 Å². The molecule has 130 valence electrons. The lowest BCUT2D eigenvalue weighted by atomic mass is 10.1. The second kappa shape index (κ2) is 6.41. The molecule has 1 aliphatic heterocycles. The molecular formula is C16H18N6O2S. The summed E-state index contributed by atoms with van der Waals surface area (Å²) in [6, 6.07) is 5.54. The van der Waals surface area contributed by atoms with E-state index in [1.54, 1.807) is 18.5 Å². The summed E-state index contributed by atoms with van der Waals surface area (Å²) in [7, 11) is -2.32. The lowest BCUT2D eigenvalue weighted by Gasteiger charge is -2.34. The maximum atomic E-state index is 11.8. The highest BCUT2D eigenvalue weighted by Crippen LogP contribution is 2.27. The molecule has 2 atom stereocenters. The van der Waals surface area contributed by atoms with Crippen LogP contribution in [0.5, 0.6) is 0 Å². The highest BCUT2D eigenvalue weighted by Gasteiger charge is 2.22. The van der Waals surface area contributed by atoms with Crippen LogP contribution in [0.3, 0.4) is 0 Å². The Morgan fingerprint density at radius 1 is 1.40 bits per heavy atom. The van der Waals surface area contributed by atoms with E-state index in [1.807, 2.05) is 12.1 Å². The number of pyridine rings is 1. The van der Waals surface area contributed by atoms with Gasteiger partial charge in [0.15, 0.2) is 5.82 Å². The largest absolute Gasteiger partial charge is 0.377 e. The van der Waals surface area contributed by atoms with Gasteiger partial charge >= 0.3 is 0 Å². The lowest BCUT2D eigenvalue weighted by molar-refractivity contribution is 0.0985. The maximum Gasteiger partial charge on any atom is 0.163 e. The number of aromatic nitrogens is 4. The van der Waals surface area contributed by atoms with Crippen LogP contribution in [0.2, 0.25) is 0 Å². The van der Waals surface area contributed by atoms with E-state index in [1.165, 1.54) is 0 Å². The number of rotatable bonds is 3. The summed E-state index contributed by atoms with van der Waals surface area (Å²) < 4.78 is 24.9. The molecule has 1 saturated heterocycles. The van der Waals surface area contributed by atoms with Crippen molar-refractivity contribution in [1.82, 2.24) is 19.9 Å². The van der Waals surface area contributed by atoms with Crippen LogP contribution in [0.25, 0.3) is 22.4 Å². The molecule has 1 unspecified atom stereocenters. The zero-order chi connectivity index (χ0) is 17.4. The Bertz CT molecular complexity index is 991. The third-order valence-electron chi connectivity index (χ3n) is 4.27. The first-order chi connectivity index (χ1) is 12.1. The van der Waals surface area contributed by atoms with Crippen molar-refractivity contribution in [3.8, 4) is 11.4 Å². The predicted octanol–water partition coefficient (Wildman–Crippen LogP) is 1.85. The summed E-state index contributed by atoms with van der Waals surface area (Å²) in [5, 5.41) is 1.12. The van der Waals surface area contributed by atoms with E-state index in [0.717, 1.165) is 16.6 Å². The summed E-state index contributed by atoms with van der Waals surface area (Å²) in [4.78, 5) is 18.5. The predicted molar refractivity (Wildman–Crippen MR) is 95.3 cm³/mol. The molecule has 1 aliphatic rings. The zero-order valence-corrected chi connectivity index (χ0v) is 14.5. The molecule has 0 spiro atoms. The van der Waals surface area contributed by atoms with Gasteiger partial charge in [-0.15, -0.1) is 0 Å². The van der Waals surface area contributed by atoms with E-state index < -0.39 is 10.6 Å². The molecule has 0 aromatic carbocycles. The number of nitrogens with zero attached hydrogens (tertiary/aromatic N) is 4. The van der Waals surface area contributed by atoms with E-state index in [0.29, 0.717) is 31.4 Å². The molecule has 25 heavy (non-hydrogen) atoms. The average Bonchev–Trinajstić information content (AvgIpc) is 3.10. The van der Waals surface area contributed by atoms with Crippen LogP contribution in [-0.2, 0) is 15.3 Å². The van der Waals surface area contributed by atoms with Gasteiger partial charge in [-0.3, -0.25) is 0 Å². The van der Waals surface area contributed by atoms with Crippen LogP contribution in [0, 0.1) is 4.78 Å². The molecule has 8 nitrogen and oxygen atoms in total. The van der Waals surface area contributed by atoms with Crippen molar-refractivity contribution in [3.05, 3.63) is 30.6 Å². The van der Waals surface area contributed by atoms with Gasteiger partial charge in [0, 0.05) is 36.0 Å². The minimum Gasteiger partial charge on any atom is -0.377 e. The number of fused-ring (bicyclic) bond motifs is 1. The van der Waals surface area contributed by atoms with Crippen LogP contribution in [-0.4, -0.2) is 49.9 Å². The number of anilines is 1. The smallest absolute Gasteiger partial charge is 0.163 e. The van der Waals surface area contributed by atoms with E-state index in [2.05, 4.69) is 26.8 Å². The van der Waals surface area contributed by atoms with Crippen molar-refractivity contribution in [2.75, 3.05) is 24.7 Å². The third kappa shape index (κ3) is 2.96.